The third-order valence-electron chi connectivity index (χ3n) is 4.49. The largest absolute Gasteiger partial charge is 0.348 e. The number of rotatable bonds is 6. The maximum absolute atomic E-state index is 12.3. The predicted molar refractivity (Wildman–Crippen MR) is 91.2 cm³/mol. The fourth-order valence-electron chi connectivity index (χ4n) is 3.29. The van der Waals surface area contributed by atoms with Gasteiger partial charge in [-0.3, -0.25) is 9.59 Å². The highest BCUT2D eigenvalue weighted by molar-refractivity contribution is 8.13. The lowest BCUT2D eigenvalue weighted by atomic mass is 9.96. The van der Waals surface area contributed by atoms with Crippen molar-refractivity contribution in [2.24, 2.45) is 5.92 Å². The number of thiophene rings is 1. The highest BCUT2D eigenvalue weighted by Gasteiger charge is 2.29. The summed E-state index contributed by atoms with van der Waals surface area (Å²) < 4.78 is 0. The van der Waals surface area contributed by atoms with Gasteiger partial charge in [0.1, 0.15) is 0 Å². The summed E-state index contributed by atoms with van der Waals surface area (Å²) in [7, 11) is 0. The zero-order valence-electron chi connectivity index (χ0n) is 12.6. The molecule has 6 heteroatoms. The van der Waals surface area contributed by atoms with E-state index in [-0.39, 0.29) is 17.2 Å². The van der Waals surface area contributed by atoms with Crippen LogP contribution in [0.15, 0.2) is 17.5 Å². The molecule has 0 bridgehead atoms. The Morgan fingerprint density at radius 1 is 1.41 bits per heavy atom. The molecule has 0 radical (unpaired) electrons. The van der Waals surface area contributed by atoms with Gasteiger partial charge >= 0.3 is 0 Å². The summed E-state index contributed by atoms with van der Waals surface area (Å²) in [5, 5.41) is 5.41. The predicted octanol–water partition coefficient (Wildman–Crippen LogP) is 3.65. The van der Waals surface area contributed by atoms with Gasteiger partial charge < -0.3 is 10.2 Å². The second kappa shape index (κ2) is 7.51. The number of hydrogen-bond acceptors (Lipinski definition) is 4. The number of thioether (sulfide) groups is 1. The van der Waals surface area contributed by atoms with E-state index in [0.717, 1.165) is 12.3 Å². The van der Waals surface area contributed by atoms with Crippen LogP contribution in [0.1, 0.15) is 43.0 Å². The van der Waals surface area contributed by atoms with Crippen molar-refractivity contribution in [1.29, 1.82) is 0 Å². The second-order valence-electron chi connectivity index (χ2n) is 5.96. The van der Waals surface area contributed by atoms with Crippen LogP contribution in [-0.2, 0) is 4.79 Å². The van der Waals surface area contributed by atoms with E-state index >= 15 is 0 Å². The smallest absolute Gasteiger partial charge is 0.281 e. The topological polar surface area (TPSA) is 49.4 Å². The first kappa shape index (κ1) is 15.9. The van der Waals surface area contributed by atoms with Crippen molar-refractivity contribution in [3.05, 3.63) is 22.4 Å². The van der Waals surface area contributed by atoms with Gasteiger partial charge in [-0.25, -0.2) is 0 Å². The molecule has 1 aliphatic carbocycles. The van der Waals surface area contributed by atoms with Crippen molar-refractivity contribution in [2.75, 3.05) is 18.8 Å². The Kier molecular flexibility index (Phi) is 5.41. The fraction of sp³-hybridized carbons (Fsp3) is 0.625. The van der Waals surface area contributed by atoms with Gasteiger partial charge in [0, 0.05) is 30.1 Å². The molecule has 1 aliphatic heterocycles. The van der Waals surface area contributed by atoms with E-state index in [1.807, 2.05) is 6.07 Å². The Balaban J connectivity index is 1.55. The second-order valence-corrected chi connectivity index (χ2v) is 7.98. The quantitative estimate of drug-likeness (QED) is 0.861. The molecule has 1 aromatic rings. The minimum atomic E-state index is 0.0648. The summed E-state index contributed by atoms with van der Waals surface area (Å²) in [5.74, 6) is 1.47. The Hall–Kier alpha value is -1.01. The number of hydrogen-bond donors (Lipinski definition) is 1. The molecule has 2 amide bonds. The fourth-order valence-corrected chi connectivity index (χ4v) is 5.01. The third-order valence-corrected chi connectivity index (χ3v) is 6.34. The van der Waals surface area contributed by atoms with E-state index in [0.29, 0.717) is 18.9 Å². The average Bonchev–Trinajstić information content (AvgIpc) is 3.25. The first-order valence-corrected chi connectivity index (χ1v) is 9.85. The molecule has 2 fully saturated rings. The van der Waals surface area contributed by atoms with E-state index in [4.69, 9.17) is 0 Å². The molecule has 0 unspecified atom stereocenters. The molecule has 1 atom stereocenters. The van der Waals surface area contributed by atoms with E-state index < -0.39 is 0 Å². The molecular weight excluding hydrogens is 316 g/mol. The minimum absolute atomic E-state index is 0.0648. The lowest BCUT2D eigenvalue weighted by Crippen LogP contribution is -2.35. The van der Waals surface area contributed by atoms with Crippen molar-refractivity contribution in [2.45, 2.75) is 38.1 Å². The summed E-state index contributed by atoms with van der Waals surface area (Å²) in [5.41, 5.74) is 0. The first-order chi connectivity index (χ1) is 10.7. The van der Waals surface area contributed by atoms with Crippen LogP contribution in [0, 0.1) is 5.92 Å². The molecule has 1 saturated carbocycles. The van der Waals surface area contributed by atoms with E-state index in [1.165, 1.54) is 42.3 Å². The lowest BCUT2D eigenvalue weighted by Gasteiger charge is -2.24. The van der Waals surface area contributed by atoms with Crippen LogP contribution in [0.4, 0.5) is 4.79 Å². The molecule has 3 rings (SSSR count). The van der Waals surface area contributed by atoms with Crippen LogP contribution in [0.5, 0.6) is 0 Å². The summed E-state index contributed by atoms with van der Waals surface area (Å²) in [6, 6.07) is 4.32. The number of nitrogens with one attached hydrogen (secondary N) is 1. The van der Waals surface area contributed by atoms with E-state index in [9.17, 15) is 9.59 Å². The van der Waals surface area contributed by atoms with Crippen molar-refractivity contribution in [1.82, 2.24) is 10.2 Å². The molecule has 0 spiro atoms. The summed E-state index contributed by atoms with van der Waals surface area (Å²) >= 11 is 3.07. The third kappa shape index (κ3) is 3.84. The van der Waals surface area contributed by atoms with Gasteiger partial charge in [0.2, 0.25) is 5.91 Å². The lowest BCUT2D eigenvalue weighted by molar-refractivity contribution is -0.122. The molecule has 2 aliphatic rings. The number of carbonyl (C=O) groups excluding carboxylic acids is 2. The van der Waals surface area contributed by atoms with Crippen LogP contribution in [0.2, 0.25) is 0 Å². The highest BCUT2D eigenvalue weighted by atomic mass is 32.2. The van der Waals surface area contributed by atoms with Crippen molar-refractivity contribution in [3.63, 3.8) is 0 Å². The van der Waals surface area contributed by atoms with Gasteiger partial charge in [0.25, 0.3) is 5.24 Å². The van der Waals surface area contributed by atoms with E-state index in [1.54, 1.807) is 16.2 Å². The van der Waals surface area contributed by atoms with Gasteiger partial charge in [-0.2, -0.15) is 0 Å². The minimum Gasteiger partial charge on any atom is -0.348 e. The molecular formula is C16H22N2O2S2. The van der Waals surface area contributed by atoms with Crippen molar-refractivity contribution >= 4 is 34.2 Å². The van der Waals surface area contributed by atoms with E-state index in [2.05, 4.69) is 16.8 Å². The molecule has 1 saturated heterocycles. The summed E-state index contributed by atoms with van der Waals surface area (Å²) in [4.78, 5) is 26.9. The molecule has 1 N–H and O–H groups in total. The number of nitrogens with zero attached hydrogens (tertiary/aromatic N) is 1. The number of amides is 2. The van der Waals surface area contributed by atoms with Crippen LogP contribution in [0.3, 0.4) is 0 Å². The first-order valence-electron chi connectivity index (χ1n) is 7.98. The molecule has 4 nitrogen and oxygen atoms in total. The van der Waals surface area contributed by atoms with Gasteiger partial charge in [-0.1, -0.05) is 30.7 Å². The Labute approximate surface area is 139 Å². The zero-order valence-corrected chi connectivity index (χ0v) is 14.3. The molecule has 22 heavy (non-hydrogen) atoms. The van der Waals surface area contributed by atoms with Gasteiger partial charge in [0.05, 0.1) is 6.04 Å². The average molecular weight is 338 g/mol. The highest BCUT2D eigenvalue weighted by Crippen LogP contribution is 2.37. The van der Waals surface area contributed by atoms with Gasteiger partial charge in [-0.05, 0) is 30.2 Å². The van der Waals surface area contributed by atoms with Crippen LogP contribution in [0.25, 0.3) is 0 Å². The van der Waals surface area contributed by atoms with Gasteiger partial charge in [0.15, 0.2) is 0 Å². The SMILES string of the molecule is O=C(CCN1CCSC1=O)N[C@H](c1cccs1)C1CCCC1. The molecule has 2 heterocycles. The standard InChI is InChI=1S/C16H22N2O2S2/c19-14(7-8-18-9-11-22-16(18)20)17-15(12-4-1-2-5-12)13-6-3-10-21-13/h3,6,10,12,15H,1-2,4-5,7-9,11H2,(H,17,19)/t15-/m0/s1. The zero-order chi connectivity index (χ0) is 15.4. The van der Waals surface area contributed by atoms with Crippen LogP contribution in [-0.4, -0.2) is 34.9 Å². The van der Waals surface area contributed by atoms with Gasteiger partial charge in [-0.15, -0.1) is 11.3 Å². The maximum Gasteiger partial charge on any atom is 0.281 e. The van der Waals surface area contributed by atoms with Crippen molar-refractivity contribution in [3.8, 4) is 0 Å². The normalized spacial score (nSPS) is 20.5. The van der Waals surface area contributed by atoms with Crippen LogP contribution >= 0.6 is 23.1 Å². The Bertz CT molecular complexity index is 512. The monoisotopic (exact) mass is 338 g/mol. The molecule has 120 valence electrons. The number of carbonyl (C=O) groups is 2. The summed E-state index contributed by atoms with van der Waals surface area (Å²) in [6.45, 7) is 1.31. The van der Waals surface area contributed by atoms with Crippen LogP contribution < -0.4 is 5.32 Å². The molecule has 1 aromatic heterocycles. The molecule has 0 aromatic carbocycles. The Morgan fingerprint density at radius 2 is 2.23 bits per heavy atom. The maximum atomic E-state index is 12.3. The Morgan fingerprint density at radius 3 is 2.86 bits per heavy atom. The van der Waals surface area contributed by atoms with Crippen molar-refractivity contribution < 1.29 is 9.59 Å². The summed E-state index contributed by atoms with van der Waals surface area (Å²) in [6.07, 6.45) is 5.33.